The molecule has 2 amide bonds. The number of benzene rings is 5. The maximum Gasteiger partial charge on any atom is 0.340 e. The summed E-state index contributed by atoms with van der Waals surface area (Å²) in [5.74, 6) is -4.54. The molecule has 1 fully saturated rings. The Bertz CT molecular complexity index is 3570. The van der Waals surface area contributed by atoms with E-state index < -0.39 is 71.2 Å². The van der Waals surface area contributed by atoms with Gasteiger partial charge in [-0.1, -0.05) is 32.4 Å². The maximum atomic E-state index is 14.3. The van der Waals surface area contributed by atoms with Crippen LogP contribution in [0.3, 0.4) is 0 Å². The number of esters is 1. The van der Waals surface area contributed by atoms with Crippen molar-refractivity contribution in [3.8, 4) is 23.0 Å². The molecule has 3 aliphatic rings. The number of nitrogens with two attached hydrogens (primary N) is 1. The number of Topliss-reactive ketones (excluding diaryl/α,β-unsaturated/α-hetero) is 6. The number of phenols is 2. The maximum absolute atomic E-state index is 14.3. The van der Waals surface area contributed by atoms with Crippen molar-refractivity contribution in [1.82, 2.24) is 42.5 Å². The second kappa shape index (κ2) is 32.1. The molecular weight excluding hydrogens is 1190 g/mol. The van der Waals surface area contributed by atoms with Crippen molar-refractivity contribution in [2.24, 2.45) is 21.9 Å². The smallest absolute Gasteiger partial charge is 0.340 e. The number of azo groups is 1. The molecule has 26 heteroatoms. The van der Waals surface area contributed by atoms with Crippen molar-refractivity contribution in [1.29, 1.82) is 0 Å². The fraction of sp³-hybridized carbons (Fsp3) is 0.418. The molecule has 0 aromatic heterocycles. The third kappa shape index (κ3) is 17.2. The molecule has 0 radical (unpaired) electrons. The van der Waals surface area contributed by atoms with Crippen LogP contribution in [0, 0.1) is 5.92 Å². The van der Waals surface area contributed by atoms with Gasteiger partial charge in [-0.3, -0.25) is 43.8 Å². The number of unbranched alkanes of at least 4 members (excludes halogenated alkanes) is 1. The normalized spacial score (nSPS) is 16.2. The number of fused-ring (bicyclic) bond motifs is 6. The van der Waals surface area contributed by atoms with Gasteiger partial charge < -0.3 is 51.5 Å². The Balaban J connectivity index is 0.761. The van der Waals surface area contributed by atoms with Gasteiger partial charge in [-0.05, 0) is 138 Å². The van der Waals surface area contributed by atoms with Crippen LogP contribution in [-0.4, -0.2) is 158 Å². The number of hydrogen-bond donors (Lipinski definition) is 10. The molecule has 5 aromatic rings. The number of carbonyl (C=O) groups is 9. The molecule has 0 unspecified atom stereocenters. The van der Waals surface area contributed by atoms with Gasteiger partial charge in [0.1, 0.15) is 40.3 Å². The SMILES string of the molecule is CC(C)[C@H](NN1CCC[C@H]1C(=O)CN[C@@H](C)C(=O)CCC(=O)[C@H](C)NCCN[C@@H](C)C(=O)CBNC(=O)c1ccccc1/N=N/c1ccc(N(C)C)cc1)C(=O)C(=O)[C@H](CCCCN)NNC(=O)c1ccc2c(c1)C1(OC2=O)c2ccc(O)cc2Oc2cc(O)ccc21. The first kappa shape index (κ1) is 70.0. The van der Waals surface area contributed by atoms with Crippen LogP contribution in [0.15, 0.2) is 113 Å². The summed E-state index contributed by atoms with van der Waals surface area (Å²) in [4.78, 5) is 124. The van der Waals surface area contributed by atoms with Gasteiger partial charge >= 0.3 is 5.97 Å². The molecule has 8 rings (SSSR count). The van der Waals surface area contributed by atoms with Gasteiger partial charge in [-0.15, -0.1) is 5.11 Å². The molecule has 0 aliphatic carbocycles. The second-order valence-corrected chi connectivity index (χ2v) is 24.1. The van der Waals surface area contributed by atoms with Gasteiger partial charge in [0.05, 0.1) is 65.3 Å². The van der Waals surface area contributed by atoms with E-state index in [1.54, 1.807) is 76.0 Å². The monoisotopic (exact) mass is 1270 g/mol. The highest BCUT2D eigenvalue weighted by atomic mass is 16.6. The Kier molecular flexibility index (Phi) is 24.2. The summed E-state index contributed by atoms with van der Waals surface area (Å²) >= 11 is 0. The highest BCUT2D eigenvalue weighted by Crippen LogP contribution is 2.57. The average Bonchev–Trinajstić information content (AvgIpc) is 1.61. The van der Waals surface area contributed by atoms with Crippen molar-refractivity contribution < 1.29 is 62.8 Å². The van der Waals surface area contributed by atoms with Crippen molar-refractivity contribution in [2.45, 2.75) is 128 Å². The number of hydrogen-bond acceptors (Lipinski definition) is 23. The molecule has 1 spiro atoms. The second-order valence-electron chi connectivity index (χ2n) is 24.1. The number of hydrazine groups is 2. The van der Waals surface area contributed by atoms with Crippen LogP contribution in [0.1, 0.15) is 127 Å². The lowest BCUT2D eigenvalue weighted by atomic mass is 9.77. The van der Waals surface area contributed by atoms with Crippen molar-refractivity contribution in [2.75, 3.05) is 51.7 Å². The number of ether oxygens (including phenoxy) is 2. The fourth-order valence-corrected chi connectivity index (χ4v) is 11.4. The number of amides is 2. The molecule has 93 heavy (non-hydrogen) atoms. The Labute approximate surface area is 541 Å². The molecule has 5 aromatic carbocycles. The first-order valence-electron chi connectivity index (χ1n) is 31.5. The lowest BCUT2D eigenvalue weighted by Crippen LogP contribution is -2.59. The number of phenolic OH excluding ortho intramolecular Hbond substituents is 2. The summed E-state index contributed by atoms with van der Waals surface area (Å²) in [7, 11) is 4.00. The summed E-state index contributed by atoms with van der Waals surface area (Å²) in [6, 6.07) is 22.5. The van der Waals surface area contributed by atoms with Crippen LogP contribution in [0.5, 0.6) is 23.0 Å². The highest BCUT2D eigenvalue weighted by molar-refractivity contribution is 6.44. The Morgan fingerprint density at radius 3 is 2.00 bits per heavy atom. The summed E-state index contributed by atoms with van der Waals surface area (Å²) < 4.78 is 12.2. The predicted molar refractivity (Wildman–Crippen MR) is 349 cm³/mol. The topological polar surface area (TPSA) is 354 Å². The van der Waals surface area contributed by atoms with E-state index in [4.69, 9.17) is 15.2 Å². The van der Waals surface area contributed by atoms with Gasteiger partial charge in [0.15, 0.2) is 11.4 Å². The summed E-state index contributed by atoms with van der Waals surface area (Å²) in [5, 5.41) is 43.0. The van der Waals surface area contributed by atoms with Crippen molar-refractivity contribution >= 4 is 77.0 Å². The first-order valence-corrected chi connectivity index (χ1v) is 31.5. The van der Waals surface area contributed by atoms with E-state index in [0.29, 0.717) is 79.9 Å². The number of carbonyl (C=O) groups excluding carboxylic acids is 9. The fourth-order valence-electron chi connectivity index (χ4n) is 11.4. The average molecular weight is 1280 g/mol. The molecule has 6 atom stereocenters. The van der Waals surface area contributed by atoms with Crippen LogP contribution in [0.4, 0.5) is 17.1 Å². The summed E-state index contributed by atoms with van der Waals surface area (Å²) in [6.45, 7) is 9.84. The number of nitrogens with one attached hydrogen (secondary N) is 7. The summed E-state index contributed by atoms with van der Waals surface area (Å²) in [5.41, 5.74) is 16.3. The zero-order valence-electron chi connectivity index (χ0n) is 53.5. The molecule has 3 aliphatic heterocycles. The third-order valence-electron chi connectivity index (χ3n) is 16.9. The van der Waals surface area contributed by atoms with Crippen LogP contribution in [0.25, 0.3) is 0 Å². The van der Waals surface area contributed by atoms with Gasteiger partial charge in [-0.2, -0.15) is 5.11 Å². The quantitative estimate of drug-likeness (QED) is 0.00622. The van der Waals surface area contributed by atoms with E-state index >= 15 is 0 Å². The number of anilines is 1. The minimum atomic E-state index is -1.64. The van der Waals surface area contributed by atoms with E-state index in [9.17, 15) is 53.4 Å². The number of nitrogens with zero attached hydrogens (tertiary/aromatic N) is 4. The standard InChI is InChI=1S/C67H83BN12O13/c1-38(2)61(63(88)62(87)53(15-10-11-29-69)76-77-64(89)42-17-24-47-51(33-42)67(93-66(47)91)49-25-22-45(81)34-59(49)92-60-35-46(82)23-26-50(60)67)78-80-32-12-16-54(80)58(86)37-72-40(4)56(84)28-27-55(83)39(3)70-30-31-71-41(5)57(85)36-68-73-65(90)48-13-8-9-14-52(48)75-74-43-18-20-44(21-19-43)79(6)7/h8-9,13-14,17-26,33-35,38-41,53-54,61,68,70-72,76,78,81-82H,10-12,15-16,27-32,36-37,69H2,1-7H3,(H,73,90)(H,77,89)/b75-74+/t39-,40-,41-,53-,54-,61-/m0/s1. The number of aromatic hydroxyl groups is 2. The van der Waals surface area contributed by atoms with Gasteiger partial charge in [0.2, 0.25) is 24.9 Å². The molecule has 0 bridgehead atoms. The lowest BCUT2D eigenvalue weighted by molar-refractivity contribution is -0.141. The van der Waals surface area contributed by atoms with Gasteiger partial charge in [0, 0.05) is 93.0 Å². The molecule has 25 nitrogen and oxygen atoms in total. The van der Waals surface area contributed by atoms with E-state index in [0.717, 1.165) is 5.69 Å². The van der Waals surface area contributed by atoms with E-state index in [1.807, 2.05) is 43.3 Å². The highest BCUT2D eigenvalue weighted by Gasteiger charge is 2.54. The number of ketones is 6. The van der Waals surface area contributed by atoms with E-state index in [1.165, 1.54) is 42.5 Å². The Morgan fingerprint density at radius 2 is 1.37 bits per heavy atom. The molecule has 3 heterocycles. The summed E-state index contributed by atoms with van der Waals surface area (Å²) in [6.07, 6.45) is 2.14. The number of rotatable bonds is 35. The van der Waals surface area contributed by atoms with E-state index in [-0.39, 0.29) is 108 Å². The largest absolute Gasteiger partial charge is 0.508 e. The zero-order chi connectivity index (χ0) is 67.1. The van der Waals surface area contributed by atoms with Crippen LogP contribution < -0.4 is 52.8 Å². The van der Waals surface area contributed by atoms with Gasteiger partial charge in [-0.25, -0.2) is 20.7 Å². The van der Waals surface area contributed by atoms with Crippen LogP contribution in [0.2, 0.25) is 6.32 Å². The van der Waals surface area contributed by atoms with Crippen molar-refractivity contribution in [3.63, 3.8) is 0 Å². The minimum Gasteiger partial charge on any atom is -0.508 e. The zero-order valence-corrected chi connectivity index (χ0v) is 53.5. The minimum absolute atomic E-state index is 0.0311. The first-order chi connectivity index (χ1) is 44.5. The predicted octanol–water partition coefficient (Wildman–Crippen LogP) is 5.20. The van der Waals surface area contributed by atoms with Crippen LogP contribution in [-0.2, 0) is 39.1 Å². The lowest BCUT2D eigenvalue weighted by Gasteiger charge is -2.36. The van der Waals surface area contributed by atoms with Gasteiger partial charge in [0.25, 0.3) is 5.91 Å². The molecule has 0 saturated carbocycles. The Hall–Kier alpha value is -8.89. The Morgan fingerprint density at radius 1 is 0.731 bits per heavy atom. The molecule has 492 valence electrons. The molecular formula is C67H83BN12O13. The van der Waals surface area contributed by atoms with Crippen molar-refractivity contribution in [3.05, 3.63) is 137 Å². The van der Waals surface area contributed by atoms with E-state index in [2.05, 4.69) is 47.7 Å². The third-order valence-corrected chi connectivity index (χ3v) is 16.9. The molecule has 1 saturated heterocycles. The van der Waals surface area contributed by atoms with Crippen LogP contribution >= 0.6 is 0 Å². The molecule has 11 N–H and O–H groups in total.